The van der Waals surface area contributed by atoms with Crippen molar-refractivity contribution in [3.63, 3.8) is 0 Å². The smallest absolute Gasteiger partial charge is 0.318 e. The molecule has 2 amide bonds. The molecule has 0 spiro atoms. The van der Waals surface area contributed by atoms with Gasteiger partial charge in [-0.25, -0.2) is 9.78 Å². The van der Waals surface area contributed by atoms with Crippen molar-refractivity contribution >= 4 is 6.03 Å². The molecular formula is C18H26N4O2. The predicted octanol–water partition coefficient (Wildman–Crippen LogP) is 1.78. The molecule has 3 heterocycles. The Balaban J connectivity index is 1.25. The predicted molar refractivity (Wildman–Crippen MR) is 88.4 cm³/mol. The first-order valence-corrected chi connectivity index (χ1v) is 9.37. The number of urea groups is 1. The number of hydrogen-bond acceptors (Lipinski definition) is 3. The maximum absolute atomic E-state index is 12.8. The minimum absolute atomic E-state index is 0.0584. The van der Waals surface area contributed by atoms with E-state index in [0.717, 1.165) is 25.2 Å². The van der Waals surface area contributed by atoms with Crippen LogP contribution in [-0.2, 0) is 24.2 Å². The van der Waals surface area contributed by atoms with Crippen LogP contribution in [0.3, 0.4) is 0 Å². The number of nitrogens with zero attached hydrogens (tertiary/aromatic N) is 3. The van der Waals surface area contributed by atoms with Crippen LogP contribution in [0.2, 0.25) is 0 Å². The third kappa shape index (κ3) is 2.11. The number of rotatable bonds is 3. The first kappa shape index (κ1) is 14.8. The van der Waals surface area contributed by atoms with Gasteiger partial charge in [0.25, 0.3) is 0 Å². The minimum atomic E-state index is 0.0584. The summed E-state index contributed by atoms with van der Waals surface area (Å²) in [5, 5.41) is 3.10. The standard InChI is InChI=1S/C18H26N4O2/c1-24-17-11-6-12-9-22(16(17)14(12)7-11)18(23)19-8-13-10-21-5-3-2-4-15(21)20-13/h10-12,14,16-17H,2-9H2,1H3,(H,19,23). The number of hydrogen-bond donors (Lipinski definition) is 1. The molecule has 5 rings (SSSR count). The summed E-state index contributed by atoms with van der Waals surface area (Å²) in [4.78, 5) is 19.5. The molecule has 0 aromatic carbocycles. The van der Waals surface area contributed by atoms with Gasteiger partial charge < -0.3 is 19.5 Å². The highest BCUT2D eigenvalue weighted by molar-refractivity contribution is 5.75. The van der Waals surface area contributed by atoms with Crippen LogP contribution < -0.4 is 5.32 Å². The molecule has 2 bridgehead atoms. The molecule has 2 aliphatic carbocycles. The van der Waals surface area contributed by atoms with Crippen molar-refractivity contribution in [2.24, 2.45) is 17.8 Å². The molecule has 130 valence electrons. The minimum Gasteiger partial charge on any atom is -0.379 e. The van der Waals surface area contributed by atoms with Crippen LogP contribution in [0, 0.1) is 17.8 Å². The molecule has 2 aliphatic heterocycles. The number of imidazole rings is 1. The summed E-state index contributed by atoms with van der Waals surface area (Å²) in [7, 11) is 1.80. The van der Waals surface area contributed by atoms with Crippen molar-refractivity contribution < 1.29 is 9.53 Å². The molecule has 5 unspecified atom stereocenters. The first-order chi connectivity index (χ1) is 11.7. The zero-order valence-electron chi connectivity index (χ0n) is 14.3. The van der Waals surface area contributed by atoms with Gasteiger partial charge in [0.2, 0.25) is 0 Å². The molecule has 1 saturated heterocycles. The Morgan fingerprint density at radius 1 is 1.38 bits per heavy atom. The summed E-state index contributed by atoms with van der Waals surface area (Å²) in [5.41, 5.74) is 0.981. The van der Waals surface area contributed by atoms with Gasteiger partial charge in [-0.05, 0) is 43.4 Å². The fraction of sp³-hybridized carbons (Fsp3) is 0.778. The molecule has 1 N–H and O–H groups in total. The molecule has 24 heavy (non-hydrogen) atoms. The maximum atomic E-state index is 12.8. The largest absolute Gasteiger partial charge is 0.379 e. The Labute approximate surface area is 142 Å². The lowest BCUT2D eigenvalue weighted by molar-refractivity contribution is 0.0189. The highest BCUT2D eigenvalue weighted by Gasteiger charge is 2.60. The van der Waals surface area contributed by atoms with Gasteiger partial charge >= 0.3 is 6.03 Å². The highest BCUT2D eigenvalue weighted by atomic mass is 16.5. The second-order valence-corrected chi connectivity index (χ2v) is 7.96. The van der Waals surface area contributed by atoms with Crippen LogP contribution >= 0.6 is 0 Å². The second-order valence-electron chi connectivity index (χ2n) is 7.96. The number of aryl methyl sites for hydroxylation is 2. The van der Waals surface area contributed by atoms with E-state index in [4.69, 9.17) is 4.74 Å². The summed E-state index contributed by atoms with van der Waals surface area (Å²) in [6, 6.07) is 0.344. The van der Waals surface area contributed by atoms with E-state index >= 15 is 0 Å². The van der Waals surface area contributed by atoms with Crippen molar-refractivity contribution in [3.8, 4) is 0 Å². The number of likely N-dealkylation sites (tertiary alicyclic amines) is 1. The quantitative estimate of drug-likeness (QED) is 0.919. The number of amides is 2. The van der Waals surface area contributed by atoms with Crippen LogP contribution in [-0.4, -0.2) is 46.3 Å². The summed E-state index contributed by atoms with van der Waals surface area (Å²) in [6.07, 6.45) is 8.32. The number of nitrogens with one attached hydrogen (secondary N) is 1. The van der Waals surface area contributed by atoms with Gasteiger partial charge in [-0.15, -0.1) is 0 Å². The molecule has 5 atom stereocenters. The van der Waals surface area contributed by atoms with Gasteiger partial charge in [0.1, 0.15) is 5.82 Å². The van der Waals surface area contributed by atoms with E-state index in [1.165, 1.54) is 31.5 Å². The van der Waals surface area contributed by atoms with Gasteiger partial charge in [-0.3, -0.25) is 0 Å². The van der Waals surface area contributed by atoms with E-state index in [0.29, 0.717) is 24.3 Å². The summed E-state index contributed by atoms with van der Waals surface area (Å²) >= 11 is 0. The Hall–Kier alpha value is -1.56. The average molecular weight is 330 g/mol. The molecule has 2 saturated carbocycles. The number of ether oxygens (including phenoxy) is 1. The highest BCUT2D eigenvalue weighted by Crippen LogP contribution is 2.55. The van der Waals surface area contributed by atoms with E-state index in [-0.39, 0.29) is 18.2 Å². The normalized spacial score (nSPS) is 36.2. The lowest BCUT2D eigenvalue weighted by Crippen LogP contribution is -2.48. The Morgan fingerprint density at radius 2 is 2.29 bits per heavy atom. The molecule has 4 aliphatic rings. The van der Waals surface area contributed by atoms with Crippen LogP contribution in [0.1, 0.15) is 37.2 Å². The summed E-state index contributed by atoms with van der Waals surface area (Å²) in [6.45, 7) is 2.49. The van der Waals surface area contributed by atoms with E-state index in [1.807, 2.05) is 4.90 Å². The topological polar surface area (TPSA) is 59.4 Å². The molecule has 1 aromatic rings. The zero-order valence-corrected chi connectivity index (χ0v) is 14.3. The van der Waals surface area contributed by atoms with E-state index in [9.17, 15) is 4.79 Å². The van der Waals surface area contributed by atoms with Gasteiger partial charge in [0, 0.05) is 32.8 Å². The Kier molecular flexibility index (Phi) is 3.37. The molecule has 3 fully saturated rings. The van der Waals surface area contributed by atoms with Crippen LogP contribution in [0.4, 0.5) is 4.79 Å². The monoisotopic (exact) mass is 330 g/mol. The van der Waals surface area contributed by atoms with Gasteiger partial charge in [0.15, 0.2) is 0 Å². The average Bonchev–Trinajstić information content (AvgIpc) is 3.30. The van der Waals surface area contributed by atoms with Crippen LogP contribution in [0.5, 0.6) is 0 Å². The molecule has 1 aromatic heterocycles. The van der Waals surface area contributed by atoms with Crippen molar-refractivity contribution in [1.29, 1.82) is 0 Å². The summed E-state index contributed by atoms with van der Waals surface area (Å²) < 4.78 is 7.98. The number of aromatic nitrogens is 2. The van der Waals surface area contributed by atoms with Crippen LogP contribution in [0.25, 0.3) is 0 Å². The molecule has 0 radical (unpaired) electrons. The van der Waals surface area contributed by atoms with Crippen molar-refractivity contribution in [2.75, 3.05) is 13.7 Å². The Morgan fingerprint density at radius 3 is 3.12 bits per heavy atom. The van der Waals surface area contributed by atoms with E-state index in [1.54, 1.807) is 7.11 Å². The number of methoxy groups -OCH3 is 1. The fourth-order valence-corrected chi connectivity index (χ4v) is 5.78. The third-order valence-corrected chi connectivity index (χ3v) is 6.73. The van der Waals surface area contributed by atoms with Gasteiger partial charge in [-0.1, -0.05) is 0 Å². The van der Waals surface area contributed by atoms with Crippen molar-refractivity contribution in [2.45, 2.75) is 57.3 Å². The number of carbonyl (C=O) groups excluding carboxylic acids is 1. The summed E-state index contributed by atoms with van der Waals surface area (Å²) in [5.74, 6) is 3.18. The number of carbonyl (C=O) groups is 1. The lowest BCUT2D eigenvalue weighted by atomic mass is 9.88. The zero-order chi connectivity index (χ0) is 16.3. The van der Waals surface area contributed by atoms with Crippen molar-refractivity contribution in [3.05, 3.63) is 17.7 Å². The SMILES string of the molecule is COC1C2CC3CN(C(=O)NCc4cn5c(n4)CCCC5)C1C3C2. The molecule has 6 heteroatoms. The van der Waals surface area contributed by atoms with Gasteiger partial charge in [0.05, 0.1) is 24.4 Å². The lowest BCUT2D eigenvalue weighted by Gasteiger charge is -2.31. The second kappa shape index (κ2) is 5.48. The van der Waals surface area contributed by atoms with E-state index < -0.39 is 0 Å². The van der Waals surface area contributed by atoms with E-state index in [2.05, 4.69) is 21.1 Å². The number of fused-ring (bicyclic) bond motifs is 2. The third-order valence-electron chi connectivity index (χ3n) is 6.73. The Bertz CT molecular complexity index is 632. The molecular weight excluding hydrogens is 304 g/mol. The maximum Gasteiger partial charge on any atom is 0.318 e. The molecule has 6 nitrogen and oxygen atoms in total. The van der Waals surface area contributed by atoms with Crippen LogP contribution in [0.15, 0.2) is 6.20 Å². The van der Waals surface area contributed by atoms with Crippen molar-refractivity contribution in [1.82, 2.24) is 19.8 Å². The fourth-order valence-electron chi connectivity index (χ4n) is 5.78. The van der Waals surface area contributed by atoms with Gasteiger partial charge in [-0.2, -0.15) is 0 Å². The first-order valence-electron chi connectivity index (χ1n) is 9.37.